The van der Waals surface area contributed by atoms with E-state index in [4.69, 9.17) is 14.5 Å². The lowest BCUT2D eigenvalue weighted by atomic mass is 9.93. The molecule has 0 spiro atoms. The minimum atomic E-state index is -0.390. The van der Waals surface area contributed by atoms with Crippen molar-refractivity contribution >= 4 is 50.0 Å². The minimum Gasteiger partial charge on any atom is -0.369 e. The number of benzene rings is 1. The van der Waals surface area contributed by atoms with Gasteiger partial charge in [0, 0.05) is 42.0 Å². The number of urea groups is 1. The van der Waals surface area contributed by atoms with E-state index in [2.05, 4.69) is 36.5 Å². The molecule has 192 valence electrons. The summed E-state index contributed by atoms with van der Waals surface area (Å²) < 4.78 is 7.37. The van der Waals surface area contributed by atoms with Crippen molar-refractivity contribution < 1.29 is 9.32 Å². The Morgan fingerprint density at radius 3 is 2.54 bits per heavy atom. The van der Waals surface area contributed by atoms with Gasteiger partial charge in [-0.3, -0.25) is 9.72 Å². The van der Waals surface area contributed by atoms with Crippen LogP contribution in [-0.4, -0.2) is 57.6 Å². The normalized spacial score (nSPS) is 11.9. The van der Waals surface area contributed by atoms with Crippen molar-refractivity contribution in [3.05, 3.63) is 54.4 Å². The molecule has 0 aliphatic carbocycles. The molecular formula is C26H30N8O2S. The van der Waals surface area contributed by atoms with Gasteiger partial charge in [0.25, 0.3) is 0 Å². The van der Waals surface area contributed by atoms with Crippen LogP contribution in [0.1, 0.15) is 26.5 Å². The Morgan fingerprint density at radius 2 is 1.84 bits per heavy atom. The predicted octanol–water partition coefficient (Wildman–Crippen LogP) is 5.51. The average molecular weight is 519 g/mol. The first kappa shape index (κ1) is 24.7. The number of amides is 2. The van der Waals surface area contributed by atoms with E-state index in [0.717, 1.165) is 45.5 Å². The molecule has 5 aromatic rings. The lowest BCUT2D eigenvalue weighted by molar-refractivity contribution is 0.262. The maximum Gasteiger partial charge on any atom is 0.324 e. The van der Waals surface area contributed by atoms with E-state index in [-0.39, 0.29) is 5.41 Å². The molecule has 0 aliphatic rings. The molecule has 4 heterocycles. The summed E-state index contributed by atoms with van der Waals surface area (Å²) in [5.74, 6) is 1.94. The number of carbonyl (C=O) groups excluding carboxylic acids is 1. The average Bonchev–Trinajstić information content (AvgIpc) is 3.54. The summed E-state index contributed by atoms with van der Waals surface area (Å²) in [6, 6.07) is 13.0. The van der Waals surface area contributed by atoms with Crippen LogP contribution in [0.15, 0.2) is 53.2 Å². The van der Waals surface area contributed by atoms with Gasteiger partial charge in [-0.15, -0.1) is 0 Å². The van der Waals surface area contributed by atoms with Gasteiger partial charge in [-0.05, 0) is 38.4 Å². The van der Waals surface area contributed by atoms with Crippen molar-refractivity contribution in [2.45, 2.75) is 26.2 Å². The first-order valence-corrected chi connectivity index (χ1v) is 12.8. The Morgan fingerprint density at radius 1 is 1.05 bits per heavy atom. The summed E-state index contributed by atoms with van der Waals surface area (Å²) in [5.41, 5.74) is 3.31. The number of hydrogen-bond acceptors (Lipinski definition) is 8. The molecule has 0 unspecified atom stereocenters. The van der Waals surface area contributed by atoms with Crippen molar-refractivity contribution in [2.24, 2.45) is 0 Å². The fourth-order valence-electron chi connectivity index (χ4n) is 3.72. The monoisotopic (exact) mass is 518 g/mol. The van der Waals surface area contributed by atoms with Crippen molar-refractivity contribution in [2.75, 3.05) is 43.1 Å². The van der Waals surface area contributed by atoms with Gasteiger partial charge in [-0.2, -0.15) is 0 Å². The molecule has 4 aromatic heterocycles. The van der Waals surface area contributed by atoms with E-state index in [0.29, 0.717) is 17.3 Å². The molecule has 37 heavy (non-hydrogen) atoms. The van der Waals surface area contributed by atoms with Crippen LogP contribution in [0.3, 0.4) is 0 Å². The molecule has 3 N–H and O–H groups in total. The van der Waals surface area contributed by atoms with Crippen LogP contribution in [-0.2, 0) is 5.41 Å². The number of hydrogen-bond donors (Lipinski definition) is 3. The molecule has 10 nitrogen and oxygen atoms in total. The number of fused-ring (bicyclic) bond motifs is 3. The van der Waals surface area contributed by atoms with Gasteiger partial charge < -0.3 is 20.1 Å². The third-order valence-electron chi connectivity index (χ3n) is 5.76. The third kappa shape index (κ3) is 5.57. The fraction of sp³-hybridized carbons (Fsp3) is 0.308. The van der Waals surface area contributed by atoms with Crippen LogP contribution in [0, 0.1) is 0 Å². The van der Waals surface area contributed by atoms with Gasteiger partial charge in [0.2, 0.25) is 0 Å². The van der Waals surface area contributed by atoms with Crippen molar-refractivity contribution in [3.63, 3.8) is 0 Å². The van der Waals surface area contributed by atoms with Crippen LogP contribution >= 0.6 is 11.3 Å². The lowest BCUT2D eigenvalue weighted by Crippen LogP contribution is -2.21. The van der Waals surface area contributed by atoms with E-state index in [9.17, 15) is 4.79 Å². The number of thiazole rings is 1. The van der Waals surface area contributed by atoms with Gasteiger partial charge in [0.1, 0.15) is 16.4 Å². The van der Waals surface area contributed by atoms with E-state index in [1.165, 1.54) is 0 Å². The summed E-state index contributed by atoms with van der Waals surface area (Å²) in [4.78, 5) is 25.9. The molecule has 0 aliphatic heterocycles. The summed E-state index contributed by atoms with van der Waals surface area (Å²) >= 11 is 1.56. The molecule has 0 radical (unpaired) electrons. The van der Waals surface area contributed by atoms with Crippen LogP contribution in [0.25, 0.3) is 26.6 Å². The van der Waals surface area contributed by atoms with Gasteiger partial charge >= 0.3 is 6.03 Å². The SMILES string of the molecule is CN(C)CCNc1ccc2c(n1)sc1nc(-c3ccc(NC(=O)Nc4cc(C(C)(C)C)on4)cc3)cn12. The second-order valence-corrected chi connectivity index (χ2v) is 11.1. The second-order valence-electron chi connectivity index (χ2n) is 10.1. The molecule has 0 saturated heterocycles. The molecular weight excluding hydrogens is 488 g/mol. The summed E-state index contributed by atoms with van der Waals surface area (Å²) in [6.07, 6.45) is 2.02. The molecule has 0 saturated carbocycles. The Bertz CT molecular complexity index is 1540. The number of imidazole rings is 1. The number of carbonyl (C=O) groups is 1. The Balaban J connectivity index is 1.25. The number of likely N-dealkylation sites (N-methyl/N-ethyl adjacent to an activating group) is 1. The number of rotatable bonds is 7. The largest absolute Gasteiger partial charge is 0.369 e. The van der Waals surface area contributed by atoms with E-state index < -0.39 is 6.03 Å². The highest BCUT2D eigenvalue weighted by Gasteiger charge is 2.20. The molecule has 11 heteroatoms. The fourth-order valence-corrected chi connectivity index (χ4v) is 4.70. The number of anilines is 3. The first-order chi connectivity index (χ1) is 17.7. The number of aromatic nitrogens is 4. The highest BCUT2D eigenvalue weighted by molar-refractivity contribution is 7.23. The summed E-state index contributed by atoms with van der Waals surface area (Å²) in [6.45, 7) is 7.83. The first-order valence-electron chi connectivity index (χ1n) is 12.0. The zero-order valence-electron chi connectivity index (χ0n) is 21.5. The molecule has 1 aromatic carbocycles. The predicted molar refractivity (Wildman–Crippen MR) is 149 cm³/mol. The lowest BCUT2D eigenvalue weighted by Gasteiger charge is -2.12. The molecule has 5 rings (SSSR count). The molecule has 0 bridgehead atoms. The smallest absolute Gasteiger partial charge is 0.324 e. The molecule has 0 fully saturated rings. The van der Waals surface area contributed by atoms with Crippen molar-refractivity contribution in [1.29, 1.82) is 0 Å². The van der Waals surface area contributed by atoms with Crippen LogP contribution in [0.2, 0.25) is 0 Å². The molecule has 2 amide bonds. The zero-order chi connectivity index (χ0) is 26.2. The standard InChI is InChI=1S/C26H30N8O2S/c1-26(2,3)20-14-22(32-36-20)31-24(35)28-17-8-6-16(7-9-17)18-15-34-19-10-11-21(27-12-13-33(4)5)30-23(19)37-25(34)29-18/h6-11,14-15H,12-13H2,1-5H3,(H,27,30)(H2,28,31,32,35). The number of nitrogens with one attached hydrogen (secondary N) is 3. The highest BCUT2D eigenvalue weighted by Crippen LogP contribution is 2.30. The zero-order valence-corrected chi connectivity index (χ0v) is 22.3. The maximum atomic E-state index is 12.4. The van der Waals surface area contributed by atoms with Gasteiger partial charge in [-0.25, -0.2) is 14.8 Å². The Labute approximate surface area is 218 Å². The summed E-state index contributed by atoms with van der Waals surface area (Å²) in [5, 5.41) is 12.8. The summed E-state index contributed by atoms with van der Waals surface area (Å²) in [7, 11) is 4.10. The van der Waals surface area contributed by atoms with Crippen molar-refractivity contribution in [3.8, 4) is 11.3 Å². The van der Waals surface area contributed by atoms with Crippen LogP contribution < -0.4 is 16.0 Å². The second kappa shape index (κ2) is 9.83. The van der Waals surface area contributed by atoms with Gasteiger partial charge in [0.05, 0.1) is 11.2 Å². The number of nitrogens with zero attached hydrogens (tertiary/aromatic N) is 5. The van der Waals surface area contributed by atoms with E-state index in [1.54, 1.807) is 17.4 Å². The Hall–Kier alpha value is -3.96. The highest BCUT2D eigenvalue weighted by atomic mass is 32.1. The van der Waals surface area contributed by atoms with Crippen molar-refractivity contribution in [1.82, 2.24) is 24.4 Å². The topological polar surface area (TPSA) is 113 Å². The van der Waals surface area contributed by atoms with Crippen LogP contribution in [0.5, 0.6) is 0 Å². The quantitative estimate of drug-likeness (QED) is 0.260. The number of pyridine rings is 1. The van der Waals surface area contributed by atoms with E-state index >= 15 is 0 Å². The van der Waals surface area contributed by atoms with Crippen LogP contribution in [0.4, 0.5) is 22.1 Å². The maximum absolute atomic E-state index is 12.4. The molecule has 0 atom stereocenters. The van der Waals surface area contributed by atoms with Gasteiger partial charge in [-0.1, -0.05) is 49.4 Å². The van der Waals surface area contributed by atoms with E-state index in [1.807, 2.05) is 71.4 Å². The van der Waals surface area contributed by atoms with Gasteiger partial charge in [0.15, 0.2) is 10.8 Å². The third-order valence-corrected chi connectivity index (χ3v) is 6.72. The Kier molecular flexibility index (Phi) is 6.57. The minimum absolute atomic E-state index is 0.185.